The Bertz CT molecular complexity index is 186. The number of benzene rings is 1. The minimum absolute atomic E-state index is 0.286. The van der Waals surface area contributed by atoms with E-state index in [4.69, 9.17) is 0 Å². The fourth-order valence-electron chi connectivity index (χ4n) is 0.771. The molecule has 0 aliphatic heterocycles. The Morgan fingerprint density at radius 3 is 2.40 bits per heavy atom. The molecule has 53 valence electrons. The van der Waals surface area contributed by atoms with Crippen LogP contribution < -0.4 is 0 Å². The van der Waals surface area contributed by atoms with Crippen molar-refractivity contribution in [2.24, 2.45) is 0 Å². The van der Waals surface area contributed by atoms with Gasteiger partial charge in [0.25, 0.3) is 0 Å². The van der Waals surface area contributed by atoms with E-state index in [1.165, 1.54) is 0 Å². The third kappa shape index (κ3) is 1.98. The second-order valence-electron chi connectivity index (χ2n) is 2.09. The van der Waals surface area contributed by atoms with Crippen LogP contribution in [0.15, 0.2) is 30.3 Å². The van der Waals surface area contributed by atoms with Gasteiger partial charge in [-0.25, -0.2) is 0 Å². The van der Waals surface area contributed by atoms with Gasteiger partial charge in [-0.3, -0.25) is 0 Å². The third-order valence-electron chi connectivity index (χ3n) is 1.34. The van der Waals surface area contributed by atoms with Gasteiger partial charge in [0.1, 0.15) is 0 Å². The van der Waals surface area contributed by atoms with E-state index in [1.807, 2.05) is 52.6 Å². The zero-order valence-corrected chi connectivity index (χ0v) is 7.86. The molecule has 1 aromatic rings. The summed E-state index contributed by atoms with van der Waals surface area (Å²) < 4.78 is 0.792. The third-order valence-corrected chi connectivity index (χ3v) is 2.24. The summed E-state index contributed by atoms with van der Waals surface area (Å²) in [5.74, 6) is 0. The van der Waals surface area contributed by atoms with Gasteiger partial charge >= 0.3 is 73.9 Å². The second-order valence-corrected chi connectivity index (χ2v) is 3.04. The molecule has 1 nitrogen and oxygen atoms in total. The molecule has 2 heteroatoms. The van der Waals surface area contributed by atoms with Crippen LogP contribution in [-0.2, 0) is 0 Å². The number of aliphatic hydroxyl groups is 1. The van der Waals surface area contributed by atoms with Crippen molar-refractivity contribution in [3.05, 3.63) is 35.9 Å². The molecule has 1 aromatic carbocycles. The van der Waals surface area contributed by atoms with Gasteiger partial charge in [-0.2, -0.15) is 0 Å². The summed E-state index contributed by atoms with van der Waals surface area (Å²) in [7, 11) is 0. The summed E-state index contributed by atoms with van der Waals surface area (Å²) >= 11 is 1.90. The van der Waals surface area contributed by atoms with Crippen LogP contribution in [-0.4, -0.2) is 27.4 Å². The molecule has 0 fully saturated rings. The van der Waals surface area contributed by atoms with Gasteiger partial charge < -0.3 is 0 Å². The normalized spacial score (nSPS) is 13.0. The van der Waals surface area contributed by atoms with E-state index >= 15 is 0 Å². The van der Waals surface area contributed by atoms with E-state index in [1.54, 1.807) is 0 Å². The number of hydrogen-bond acceptors (Lipinski definition) is 1. The monoisotopic (exact) mass is 251 g/mol. The molecular weight excluding hydrogens is 240 g/mol. The van der Waals surface area contributed by atoms with Gasteiger partial charge in [0, 0.05) is 0 Å². The summed E-state index contributed by atoms with van der Waals surface area (Å²) in [4.78, 5) is 0. The van der Waals surface area contributed by atoms with Crippen LogP contribution in [0.1, 0.15) is 11.7 Å². The molecule has 1 atom stereocenters. The van der Waals surface area contributed by atoms with Crippen molar-refractivity contribution in [1.82, 2.24) is 0 Å². The topological polar surface area (TPSA) is 20.2 Å². The molecule has 0 spiro atoms. The van der Waals surface area contributed by atoms with Crippen molar-refractivity contribution in [2.45, 2.75) is 10.6 Å². The van der Waals surface area contributed by atoms with Crippen LogP contribution in [0.4, 0.5) is 0 Å². The first-order chi connectivity index (χ1) is 4.84. The number of aliphatic hydroxyl groups excluding tert-OH is 1. The van der Waals surface area contributed by atoms with Gasteiger partial charge in [0.2, 0.25) is 0 Å². The fraction of sp³-hybridized carbons (Fsp3) is 0.250. The van der Waals surface area contributed by atoms with E-state index in [0.29, 0.717) is 0 Å². The Morgan fingerprint density at radius 1 is 1.30 bits per heavy atom. The number of rotatable bonds is 2. The average Bonchev–Trinajstić information content (AvgIpc) is 2.05. The average molecular weight is 249 g/mol. The van der Waals surface area contributed by atoms with Crippen molar-refractivity contribution in [2.75, 3.05) is 0 Å². The maximum atomic E-state index is 9.33. The molecule has 10 heavy (non-hydrogen) atoms. The Labute approximate surface area is 74.0 Å². The molecule has 1 N–H and O–H groups in total. The van der Waals surface area contributed by atoms with Crippen LogP contribution in [0.25, 0.3) is 0 Å². The van der Waals surface area contributed by atoms with E-state index < -0.39 is 0 Å². The molecule has 0 aromatic heterocycles. The van der Waals surface area contributed by atoms with Gasteiger partial charge in [-0.1, -0.05) is 0 Å². The summed E-state index contributed by atoms with van der Waals surface area (Å²) in [6.07, 6.45) is -0.286. The van der Waals surface area contributed by atoms with Crippen LogP contribution >= 0.6 is 0 Å². The van der Waals surface area contributed by atoms with Crippen LogP contribution in [0.2, 0.25) is 4.47 Å². The molecule has 0 saturated carbocycles. The fourth-order valence-corrected chi connectivity index (χ4v) is 1.32. The van der Waals surface area contributed by atoms with Crippen LogP contribution in [0, 0.1) is 0 Å². The minimum atomic E-state index is -0.286. The predicted octanol–water partition coefficient (Wildman–Crippen LogP) is 1.31. The Morgan fingerprint density at radius 2 is 1.90 bits per heavy atom. The Balaban J connectivity index is 2.75. The zero-order valence-electron chi connectivity index (χ0n) is 5.53. The molecule has 0 saturated heterocycles. The summed E-state index contributed by atoms with van der Waals surface area (Å²) in [6, 6.07) is 9.71. The van der Waals surface area contributed by atoms with Crippen LogP contribution in [0.5, 0.6) is 0 Å². The summed E-state index contributed by atoms with van der Waals surface area (Å²) in [6.45, 7) is 0. The van der Waals surface area contributed by atoms with Gasteiger partial charge in [-0.05, 0) is 0 Å². The van der Waals surface area contributed by atoms with Gasteiger partial charge in [-0.15, -0.1) is 0 Å². The first kappa shape index (κ1) is 8.07. The number of hydrogen-bond donors (Lipinski definition) is 1. The molecule has 0 heterocycles. The van der Waals surface area contributed by atoms with Gasteiger partial charge in [0.05, 0.1) is 0 Å². The quantitative estimate of drug-likeness (QED) is 0.783. The SMILES string of the molecule is OC(C[Te])c1ccccc1. The van der Waals surface area contributed by atoms with E-state index in [0.717, 1.165) is 10.0 Å². The van der Waals surface area contributed by atoms with Crippen molar-refractivity contribution >= 4 is 22.3 Å². The van der Waals surface area contributed by atoms with Crippen molar-refractivity contribution in [3.8, 4) is 0 Å². The van der Waals surface area contributed by atoms with E-state index in [2.05, 4.69) is 0 Å². The second kappa shape index (κ2) is 3.98. The zero-order chi connectivity index (χ0) is 7.40. The van der Waals surface area contributed by atoms with E-state index in [-0.39, 0.29) is 6.10 Å². The van der Waals surface area contributed by atoms with E-state index in [9.17, 15) is 5.11 Å². The molecule has 0 aliphatic rings. The summed E-state index contributed by atoms with van der Waals surface area (Å²) in [5, 5.41) is 9.33. The van der Waals surface area contributed by atoms with Gasteiger partial charge in [0.15, 0.2) is 0 Å². The predicted molar refractivity (Wildman–Crippen MR) is 42.0 cm³/mol. The molecule has 0 amide bonds. The summed E-state index contributed by atoms with van der Waals surface area (Å²) in [5.41, 5.74) is 1.01. The molecule has 0 bridgehead atoms. The standard InChI is InChI=1S/C8H9OTe/c9-8(6-10)7-4-2-1-3-5-7/h1-5,8-9H,6H2. The van der Waals surface area contributed by atoms with Crippen molar-refractivity contribution in [1.29, 1.82) is 0 Å². The Kier molecular flexibility index (Phi) is 3.21. The molecule has 1 radical (unpaired) electrons. The molecule has 1 rings (SSSR count). The molecule has 1 unspecified atom stereocenters. The first-order valence-corrected chi connectivity index (χ1v) is 4.80. The molecule has 0 aliphatic carbocycles. The van der Waals surface area contributed by atoms with Crippen molar-refractivity contribution in [3.63, 3.8) is 0 Å². The maximum absolute atomic E-state index is 9.33. The van der Waals surface area contributed by atoms with Crippen LogP contribution in [0.3, 0.4) is 0 Å². The first-order valence-electron chi connectivity index (χ1n) is 3.15. The molecular formula is C8H9OTe. The Hall–Kier alpha value is -0.0304. The van der Waals surface area contributed by atoms with Crippen molar-refractivity contribution < 1.29 is 5.11 Å².